The van der Waals surface area contributed by atoms with Crippen LogP contribution in [0.3, 0.4) is 0 Å². The largest absolute Gasteiger partial charge is 0.396 e. The van der Waals surface area contributed by atoms with Gasteiger partial charge in [-0.05, 0) is 37.0 Å². The van der Waals surface area contributed by atoms with Crippen LogP contribution in [0.15, 0.2) is 17.0 Å². The number of carbonyl (C=O) groups is 1. The molecule has 0 spiro atoms. The van der Waals surface area contributed by atoms with Gasteiger partial charge in [0.1, 0.15) is 4.90 Å². The fourth-order valence-electron chi connectivity index (χ4n) is 2.13. The van der Waals surface area contributed by atoms with Crippen molar-refractivity contribution in [3.63, 3.8) is 0 Å². The molecule has 0 bridgehead atoms. The van der Waals surface area contributed by atoms with Crippen LogP contribution < -0.4 is 10.0 Å². The summed E-state index contributed by atoms with van der Waals surface area (Å²) in [7, 11) is -3.70. The van der Waals surface area contributed by atoms with Gasteiger partial charge in [0.2, 0.25) is 15.9 Å². The summed E-state index contributed by atoms with van der Waals surface area (Å²) in [5, 5.41) is 11.4. The Morgan fingerprint density at radius 2 is 2.05 bits per heavy atom. The van der Waals surface area contributed by atoms with Crippen LogP contribution in [0.2, 0.25) is 5.02 Å². The van der Waals surface area contributed by atoms with Crippen molar-refractivity contribution in [3.05, 3.63) is 22.7 Å². The average molecular weight is 333 g/mol. The minimum atomic E-state index is -3.70. The van der Waals surface area contributed by atoms with Gasteiger partial charge < -0.3 is 10.4 Å². The Morgan fingerprint density at radius 1 is 1.29 bits per heavy atom. The third-order valence-corrected chi connectivity index (χ3v) is 5.13. The molecule has 1 aliphatic heterocycles. The zero-order valence-electron chi connectivity index (χ0n) is 11.4. The fourth-order valence-corrected chi connectivity index (χ4v) is 3.78. The van der Waals surface area contributed by atoms with Crippen molar-refractivity contribution in [2.45, 2.75) is 30.6 Å². The number of fused-ring (bicyclic) bond motifs is 1. The highest BCUT2D eigenvalue weighted by atomic mass is 35.5. The van der Waals surface area contributed by atoms with Crippen LogP contribution in [0, 0.1) is 0 Å². The lowest BCUT2D eigenvalue weighted by atomic mass is 10.2. The third-order valence-electron chi connectivity index (χ3n) is 3.20. The zero-order valence-corrected chi connectivity index (χ0v) is 12.9. The van der Waals surface area contributed by atoms with Crippen LogP contribution in [0.25, 0.3) is 0 Å². The highest BCUT2D eigenvalue weighted by molar-refractivity contribution is 7.89. The number of halogens is 1. The number of anilines is 1. The van der Waals surface area contributed by atoms with Gasteiger partial charge in [-0.2, -0.15) is 0 Å². The van der Waals surface area contributed by atoms with Crippen molar-refractivity contribution in [3.8, 4) is 0 Å². The molecule has 21 heavy (non-hydrogen) atoms. The normalized spacial score (nSPS) is 14.1. The SMILES string of the molecule is O=C1Cc2cc(S(=O)(=O)NCCCCCO)c(Cl)cc2N1. The predicted molar refractivity (Wildman–Crippen MR) is 79.9 cm³/mol. The molecule has 0 radical (unpaired) electrons. The van der Waals surface area contributed by atoms with E-state index in [-0.39, 0.29) is 35.4 Å². The van der Waals surface area contributed by atoms with E-state index in [0.29, 0.717) is 24.1 Å². The van der Waals surface area contributed by atoms with Crippen LogP contribution in [0.1, 0.15) is 24.8 Å². The van der Waals surface area contributed by atoms with E-state index in [1.165, 1.54) is 12.1 Å². The number of sulfonamides is 1. The van der Waals surface area contributed by atoms with E-state index in [4.69, 9.17) is 16.7 Å². The summed E-state index contributed by atoms with van der Waals surface area (Å²) in [5.74, 6) is -0.174. The number of rotatable bonds is 7. The molecular formula is C13H17ClN2O4S. The van der Waals surface area contributed by atoms with E-state index < -0.39 is 10.0 Å². The van der Waals surface area contributed by atoms with Crippen molar-refractivity contribution < 1.29 is 18.3 Å². The van der Waals surface area contributed by atoms with Gasteiger partial charge in [-0.3, -0.25) is 4.79 Å². The van der Waals surface area contributed by atoms with Crippen LogP contribution in [-0.2, 0) is 21.2 Å². The third kappa shape index (κ3) is 3.94. The number of amides is 1. The smallest absolute Gasteiger partial charge is 0.242 e. The molecule has 1 aromatic carbocycles. The first-order valence-electron chi connectivity index (χ1n) is 6.67. The Bertz CT molecular complexity index is 646. The topological polar surface area (TPSA) is 95.5 Å². The van der Waals surface area contributed by atoms with E-state index in [0.717, 1.165) is 6.42 Å². The molecule has 0 saturated carbocycles. The first-order valence-corrected chi connectivity index (χ1v) is 8.53. The standard InChI is InChI=1S/C13H17ClN2O4S/c14-10-8-11-9(7-13(18)16-11)6-12(10)21(19,20)15-4-2-1-3-5-17/h6,8,15,17H,1-5,7H2,(H,16,18). The lowest BCUT2D eigenvalue weighted by Gasteiger charge is -2.10. The average Bonchev–Trinajstić information content (AvgIpc) is 2.76. The van der Waals surface area contributed by atoms with E-state index in [1.54, 1.807) is 0 Å². The Labute approximate surface area is 128 Å². The number of hydrogen-bond donors (Lipinski definition) is 3. The number of unbranched alkanes of at least 4 members (excludes halogenated alkanes) is 2. The minimum absolute atomic E-state index is 0.0124. The number of benzene rings is 1. The van der Waals surface area contributed by atoms with Gasteiger partial charge in [-0.25, -0.2) is 13.1 Å². The van der Waals surface area contributed by atoms with Gasteiger partial charge >= 0.3 is 0 Å². The number of aliphatic hydroxyl groups is 1. The number of aliphatic hydroxyl groups excluding tert-OH is 1. The van der Waals surface area contributed by atoms with Crippen molar-refractivity contribution in [1.82, 2.24) is 4.72 Å². The van der Waals surface area contributed by atoms with Crippen molar-refractivity contribution >= 4 is 33.2 Å². The zero-order chi connectivity index (χ0) is 15.5. The molecule has 1 aliphatic rings. The molecule has 0 saturated heterocycles. The summed E-state index contributed by atoms with van der Waals surface area (Å²) >= 11 is 6.00. The molecule has 2 rings (SSSR count). The molecule has 1 aromatic rings. The highest BCUT2D eigenvalue weighted by Crippen LogP contribution is 2.32. The van der Waals surface area contributed by atoms with Crippen molar-refractivity contribution in [2.75, 3.05) is 18.5 Å². The van der Waals surface area contributed by atoms with Crippen molar-refractivity contribution in [2.24, 2.45) is 0 Å². The van der Waals surface area contributed by atoms with Crippen LogP contribution in [0.5, 0.6) is 0 Å². The molecule has 0 aromatic heterocycles. The van der Waals surface area contributed by atoms with Gasteiger partial charge in [0.25, 0.3) is 0 Å². The highest BCUT2D eigenvalue weighted by Gasteiger charge is 2.24. The van der Waals surface area contributed by atoms with Crippen LogP contribution in [0.4, 0.5) is 5.69 Å². The summed E-state index contributed by atoms with van der Waals surface area (Å²) in [4.78, 5) is 11.3. The van der Waals surface area contributed by atoms with Crippen LogP contribution >= 0.6 is 11.6 Å². The first kappa shape index (κ1) is 16.2. The quantitative estimate of drug-likeness (QED) is 0.655. The fraction of sp³-hybridized carbons (Fsp3) is 0.462. The maximum atomic E-state index is 12.2. The maximum absolute atomic E-state index is 12.2. The van der Waals surface area contributed by atoms with Gasteiger partial charge in [-0.1, -0.05) is 11.6 Å². The maximum Gasteiger partial charge on any atom is 0.242 e. The Hall–Kier alpha value is -1.15. The molecule has 0 atom stereocenters. The molecule has 1 heterocycles. The summed E-state index contributed by atoms with van der Waals surface area (Å²) in [6.45, 7) is 0.386. The van der Waals surface area contributed by atoms with E-state index in [9.17, 15) is 13.2 Å². The monoisotopic (exact) mass is 332 g/mol. The summed E-state index contributed by atoms with van der Waals surface area (Å²) < 4.78 is 26.9. The minimum Gasteiger partial charge on any atom is -0.396 e. The lowest BCUT2D eigenvalue weighted by Crippen LogP contribution is -2.25. The second kappa shape index (κ2) is 6.74. The molecule has 6 nitrogen and oxygen atoms in total. The Balaban J connectivity index is 2.10. The molecule has 1 amide bonds. The number of nitrogens with one attached hydrogen (secondary N) is 2. The van der Waals surface area contributed by atoms with Gasteiger partial charge in [-0.15, -0.1) is 0 Å². The van der Waals surface area contributed by atoms with E-state index in [2.05, 4.69) is 10.0 Å². The van der Waals surface area contributed by atoms with E-state index in [1.807, 2.05) is 0 Å². The molecule has 8 heteroatoms. The Kier molecular flexibility index (Phi) is 5.21. The Morgan fingerprint density at radius 3 is 2.76 bits per heavy atom. The molecule has 0 fully saturated rings. The summed E-state index contributed by atoms with van der Waals surface area (Å²) in [5.41, 5.74) is 1.19. The second-order valence-electron chi connectivity index (χ2n) is 4.85. The number of hydrogen-bond acceptors (Lipinski definition) is 4. The van der Waals surface area contributed by atoms with Crippen LogP contribution in [-0.4, -0.2) is 32.6 Å². The molecule has 3 N–H and O–H groups in total. The second-order valence-corrected chi connectivity index (χ2v) is 6.99. The molecule has 0 unspecified atom stereocenters. The van der Waals surface area contributed by atoms with E-state index >= 15 is 0 Å². The summed E-state index contributed by atoms with van der Waals surface area (Å²) in [6, 6.07) is 2.90. The number of carbonyl (C=O) groups excluding carboxylic acids is 1. The molecule has 116 valence electrons. The van der Waals surface area contributed by atoms with Crippen molar-refractivity contribution in [1.29, 1.82) is 0 Å². The van der Waals surface area contributed by atoms with Gasteiger partial charge in [0.15, 0.2) is 0 Å². The predicted octanol–water partition coefficient (Wildman–Crippen LogP) is 1.28. The molecule has 0 aliphatic carbocycles. The summed E-state index contributed by atoms with van der Waals surface area (Å²) in [6.07, 6.45) is 2.19. The lowest BCUT2D eigenvalue weighted by molar-refractivity contribution is -0.115. The van der Waals surface area contributed by atoms with Gasteiger partial charge in [0, 0.05) is 18.8 Å². The molecular weight excluding hydrogens is 316 g/mol. The first-order chi connectivity index (χ1) is 9.94. The van der Waals surface area contributed by atoms with Gasteiger partial charge in [0.05, 0.1) is 11.4 Å².